The van der Waals surface area contributed by atoms with E-state index in [9.17, 15) is 9.90 Å². The molecule has 1 fully saturated rings. The van der Waals surface area contributed by atoms with Crippen LogP contribution in [0.2, 0.25) is 0 Å². The van der Waals surface area contributed by atoms with Crippen molar-refractivity contribution < 1.29 is 9.90 Å². The first kappa shape index (κ1) is 13.3. The third kappa shape index (κ3) is 4.84. The van der Waals surface area contributed by atoms with Crippen molar-refractivity contribution in [3.8, 4) is 0 Å². The molecule has 0 aliphatic heterocycles. The second-order valence-electron chi connectivity index (χ2n) is 4.75. The Kier molecular flexibility index (Phi) is 5.60. The van der Waals surface area contributed by atoms with E-state index < -0.39 is 5.60 Å². The van der Waals surface area contributed by atoms with Crippen molar-refractivity contribution in [2.24, 2.45) is 0 Å². The summed E-state index contributed by atoms with van der Waals surface area (Å²) in [7, 11) is 0. The molecule has 1 aliphatic carbocycles. The van der Waals surface area contributed by atoms with Crippen LogP contribution in [0.5, 0.6) is 0 Å². The van der Waals surface area contributed by atoms with Gasteiger partial charge in [0.05, 0.1) is 5.60 Å². The van der Waals surface area contributed by atoms with Crippen molar-refractivity contribution in [1.29, 1.82) is 0 Å². The third-order valence-electron chi connectivity index (χ3n) is 3.18. The molecular weight excluding hydrogens is 204 g/mol. The van der Waals surface area contributed by atoms with Crippen LogP contribution in [0, 0.1) is 0 Å². The Balaban J connectivity index is 1.94. The first-order chi connectivity index (χ1) is 7.66. The fraction of sp³-hybridized carbons (Fsp3) is 0.917. The highest BCUT2D eigenvalue weighted by Crippen LogP contribution is 2.30. The quantitative estimate of drug-likeness (QED) is 0.582. The number of carbonyl (C=O) groups excluding carboxylic acids is 1. The molecule has 1 rings (SSSR count). The van der Waals surface area contributed by atoms with E-state index >= 15 is 0 Å². The molecule has 0 spiro atoms. The number of unbranched alkanes of at least 4 members (excludes halogenated alkanes) is 3. The summed E-state index contributed by atoms with van der Waals surface area (Å²) in [6.07, 6.45) is 7.32. The fourth-order valence-electron chi connectivity index (χ4n) is 1.82. The maximum atomic E-state index is 11.3. The lowest BCUT2D eigenvalue weighted by molar-refractivity contribution is -0.0290. The zero-order chi connectivity index (χ0) is 11.9. The van der Waals surface area contributed by atoms with Crippen LogP contribution in [0.15, 0.2) is 0 Å². The molecule has 0 aromatic rings. The number of hydrogen-bond donors (Lipinski definition) is 3. The predicted octanol–water partition coefficient (Wildman–Crippen LogP) is 1.78. The van der Waals surface area contributed by atoms with Crippen LogP contribution in [0.3, 0.4) is 0 Å². The Morgan fingerprint density at radius 2 is 2.00 bits per heavy atom. The summed E-state index contributed by atoms with van der Waals surface area (Å²) >= 11 is 0. The van der Waals surface area contributed by atoms with Gasteiger partial charge in [-0.1, -0.05) is 26.2 Å². The second kappa shape index (κ2) is 6.74. The minimum atomic E-state index is -0.625. The monoisotopic (exact) mass is 228 g/mol. The normalized spacial score (nSPS) is 17.6. The van der Waals surface area contributed by atoms with Crippen molar-refractivity contribution in [1.82, 2.24) is 10.6 Å². The summed E-state index contributed by atoms with van der Waals surface area (Å²) in [6.45, 7) is 3.28. The van der Waals surface area contributed by atoms with E-state index in [1.165, 1.54) is 19.3 Å². The molecular formula is C12H24N2O2. The Bertz CT molecular complexity index is 215. The van der Waals surface area contributed by atoms with E-state index in [2.05, 4.69) is 17.6 Å². The highest BCUT2D eigenvalue weighted by atomic mass is 16.3. The van der Waals surface area contributed by atoms with E-state index in [-0.39, 0.29) is 6.03 Å². The number of amides is 2. The molecule has 0 radical (unpaired) electrons. The lowest BCUT2D eigenvalue weighted by Crippen LogP contribution is -2.50. The van der Waals surface area contributed by atoms with E-state index in [1.807, 2.05) is 0 Å². The molecule has 3 N–H and O–H groups in total. The Morgan fingerprint density at radius 1 is 1.25 bits per heavy atom. The zero-order valence-corrected chi connectivity index (χ0v) is 10.2. The molecule has 0 heterocycles. The van der Waals surface area contributed by atoms with Gasteiger partial charge in [0, 0.05) is 13.1 Å². The molecule has 16 heavy (non-hydrogen) atoms. The van der Waals surface area contributed by atoms with E-state index in [1.54, 1.807) is 0 Å². The number of rotatable bonds is 7. The highest BCUT2D eigenvalue weighted by Gasteiger charge is 2.34. The van der Waals surface area contributed by atoms with Crippen LogP contribution < -0.4 is 10.6 Å². The van der Waals surface area contributed by atoms with Crippen molar-refractivity contribution in [2.75, 3.05) is 13.1 Å². The molecule has 0 unspecified atom stereocenters. The van der Waals surface area contributed by atoms with Crippen LogP contribution in [0.4, 0.5) is 4.79 Å². The van der Waals surface area contributed by atoms with Crippen molar-refractivity contribution in [3.63, 3.8) is 0 Å². The number of nitrogens with one attached hydrogen (secondary N) is 2. The number of hydrogen-bond acceptors (Lipinski definition) is 2. The van der Waals surface area contributed by atoms with Crippen LogP contribution in [0.1, 0.15) is 51.9 Å². The molecule has 4 nitrogen and oxygen atoms in total. The average Bonchev–Trinajstić information content (AvgIpc) is 2.23. The fourth-order valence-corrected chi connectivity index (χ4v) is 1.82. The van der Waals surface area contributed by atoms with Crippen LogP contribution in [-0.2, 0) is 0 Å². The third-order valence-corrected chi connectivity index (χ3v) is 3.18. The highest BCUT2D eigenvalue weighted by molar-refractivity contribution is 5.73. The average molecular weight is 228 g/mol. The van der Waals surface area contributed by atoms with Gasteiger partial charge in [-0.25, -0.2) is 4.79 Å². The summed E-state index contributed by atoms with van der Waals surface area (Å²) in [5.74, 6) is 0. The smallest absolute Gasteiger partial charge is 0.314 e. The molecule has 4 heteroatoms. The lowest BCUT2D eigenvalue weighted by atomic mass is 9.80. The van der Waals surface area contributed by atoms with Crippen molar-refractivity contribution in [2.45, 2.75) is 57.5 Å². The van der Waals surface area contributed by atoms with Gasteiger partial charge in [0.25, 0.3) is 0 Å². The first-order valence-electron chi connectivity index (χ1n) is 6.40. The Labute approximate surface area is 97.8 Å². The molecule has 0 saturated heterocycles. The van der Waals surface area contributed by atoms with Crippen LogP contribution >= 0.6 is 0 Å². The molecule has 1 saturated carbocycles. The summed E-state index contributed by atoms with van der Waals surface area (Å²) in [6, 6.07) is -0.156. The van der Waals surface area contributed by atoms with Crippen LogP contribution in [0.25, 0.3) is 0 Å². The van der Waals surface area contributed by atoms with Gasteiger partial charge in [-0.3, -0.25) is 0 Å². The molecule has 2 amide bonds. The minimum Gasteiger partial charge on any atom is -0.388 e. The van der Waals surface area contributed by atoms with Gasteiger partial charge in [0.2, 0.25) is 0 Å². The topological polar surface area (TPSA) is 61.4 Å². The molecule has 0 atom stereocenters. The maximum Gasteiger partial charge on any atom is 0.314 e. The minimum absolute atomic E-state index is 0.156. The van der Waals surface area contributed by atoms with Gasteiger partial charge in [0.1, 0.15) is 0 Å². The van der Waals surface area contributed by atoms with Crippen LogP contribution in [-0.4, -0.2) is 29.8 Å². The standard InChI is InChI=1S/C12H24N2O2/c1-2-3-4-5-9-13-11(15)14-10-12(16)7-6-8-12/h16H,2-10H2,1H3,(H2,13,14,15). The summed E-state index contributed by atoms with van der Waals surface area (Å²) < 4.78 is 0. The van der Waals surface area contributed by atoms with Gasteiger partial charge in [-0.2, -0.15) is 0 Å². The second-order valence-corrected chi connectivity index (χ2v) is 4.75. The van der Waals surface area contributed by atoms with Gasteiger partial charge in [0.15, 0.2) is 0 Å². The number of carbonyl (C=O) groups is 1. The van der Waals surface area contributed by atoms with E-state index in [0.29, 0.717) is 6.54 Å². The van der Waals surface area contributed by atoms with Gasteiger partial charge < -0.3 is 15.7 Å². The predicted molar refractivity (Wildman–Crippen MR) is 64.3 cm³/mol. The summed E-state index contributed by atoms with van der Waals surface area (Å²) in [5, 5.41) is 15.3. The Hall–Kier alpha value is -0.770. The summed E-state index contributed by atoms with van der Waals surface area (Å²) in [4.78, 5) is 11.3. The first-order valence-corrected chi connectivity index (χ1v) is 6.40. The van der Waals surface area contributed by atoms with Crippen molar-refractivity contribution >= 4 is 6.03 Å². The Morgan fingerprint density at radius 3 is 2.56 bits per heavy atom. The van der Waals surface area contributed by atoms with Crippen molar-refractivity contribution in [3.05, 3.63) is 0 Å². The maximum absolute atomic E-state index is 11.3. The molecule has 0 aromatic carbocycles. The molecule has 0 aromatic heterocycles. The number of urea groups is 1. The SMILES string of the molecule is CCCCCCNC(=O)NCC1(O)CCC1. The van der Waals surface area contributed by atoms with Gasteiger partial charge in [-0.15, -0.1) is 0 Å². The largest absolute Gasteiger partial charge is 0.388 e. The molecule has 94 valence electrons. The zero-order valence-electron chi connectivity index (χ0n) is 10.2. The number of aliphatic hydroxyl groups is 1. The summed E-state index contributed by atoms with van der Waals surface area (Å²) in [5.41, 5.74) is -0.625. The van der Waals surface area contributed by atoms with E-state index in [0.717, 1.165) is 32.2 Å². The molecule has 1 aliphatic rings. The van der Waals surface area contributed by atoms with Gasteiger partial charge >= 0.3 is 6.03 Å². The molecule has 0 bridgehead atoms. The van der Waals surface area contributed by atoms with Gasteiger partial charge in [-0.05, 0) is 25.7 Å². The lowest BCUT2D eigenvalue weighted by Gasteiger charge is -2.36. The van der Waals surface area contributed by atoms with E-state index in [4.69, 9.17) is 0 Å².